The van der Waals surface area contributed by atoms with Crippen molar-refractivity contribution < 1.29 is 23.8 Å². The lowest BCUT2D eigenvalue weighted by Gasteiger charge is -2.11. The topological polar surface area (TPSA) is 73.9 Å². The van der Waals surface area contributed by atoms with Gasteiger partial charge in [0.05, 0.1) is 20.6 Å². The molecule has 1 aromatic rings. The minimum absolute atomic E-state index is 0.135. The molecular formula is C14H19NO5. The van der Waals surface area contributed by atoms with Crippen molar-refractivity contribution in [2.45, 2.75) is 13.3 Å². The Balaban J connectivity index is 2.39. The molecular weight excluding hydrogens is 262 g/mol. The van der Waals surface area contributed by atoms with E-state index >= 15 is 0 Å². The normalized spacial score (nSPS) is 9.75. The maximum Gasteiger partial charge on any atom is 0.307 e. The molecule has 0 radical (unpaired) electrons. The molecule has 0 heterocycles. The second-order valence-electron chi connectivity index (χ2n) is 4.12. The smallest absolute Gasteiger partial charge is 0.307 e. The van der Waals surface area contributed by atoms with Crippen LogP contribution in [0.4, 0.5) is 0 Å². The number of nitrogens with one attached hydrogen (secondary N) is 1. The van der Waals surface area contributed by atoms with Gasteiger partial charge in [0.1, 0.15) is 0 Å². The van der Waals surface area contributed by atoms with Crippen molar-refractivity contribution in [3.8, 4) is 11.5 Å². The number of carbonyl (C=O) groups is 2. The predicted molar refractivity (Wildman–Crippen MR) is 72.9 cm³/mol. The lowest BCUT2D eigenvalue weighted by molar-refractivity contribution is -0.140. The van der Waals surface area contributed by atoms with Crippen LogP contribution in [0.15, 0.2) is 18.2 Å². The molecule has 0 spiro atoms. The first-order valence-electron chi connectivity index (χ1n) is 6.17. The summed E-state index contributed by atoms with van der Waals surface area (Å²) in [6, 6.07) is 5.44. The number of esters is 1. The molecule has 0 bridgehead atoms. The third kappa shape index (κ3) is 5.17. The van der Waals surface area contributed by atoms with Gasteiger partial charge in [-0.05, 0) is 24.6 Å². The van der Waals surface area contributed by atoms with Gasteiger partial charge in [0.25, 0.3) is 5.91 Å². The SMILES string of the molecule is COC(=O)CCNC(=O)COc1ccc(C)cc1OC. The number of amides is 1. The summed E-state index contributed by atoms with van der Waals surface area (Å²) in [4.78, 5) is 22.4. The molecule has 0 fully saturated rings. The Hall–Kier alpha value is -2.24. The molecule has 0 atom stereocenters. The maximum absolute atomic E-state index is 11.5. The van der Waals surface area contributed by atoms with Crippen LogP contribution in [0, 0.1) is 6.92 Å². The Morgan fingerprint density at radius 1 is 1.20 bits per heavy atom. The molecule has 20 heavy (non-hydrogen) atoms. The fourth-order valence-corrected chi connectivity index (χ4v) is 1.49. The zero-order chi connectivity index (χ0) is 15.0. The van der Waals surface area contributed by atoms with Crippen molar-refractivity contribution in [1.29, 1.82) is 0 Å². The van der Waals surface area contributed by atoms with Gasteiger partial charge in [-0.3, -0.25) is 9.59 Å². The highest BCUT2D eigenvalue weighted by atomic mass is 16.5. The number of ether oxygens (including phenoxy) is 3. The first-order chi connectivity index (χ1) is 9.56. The summed E-state index contributed by atoms with van der Waals surface area (Å²) in [6.45, 7) is 2.02. The van der Waals surface area contributed by atoms with Crippen molar-refractivity contribution in [2.75, 3.05) is 27.4 Å². The van der Waals surface area contributed by atoms with Gasteiger partial charge >= 0.3 is 5.97 Å². The minimum Gasteiger partial charge on any atom is -0.493 e. The van der Waals surface area contributed by atoms with Crippen LogP contribution in [0.25, 0.3) is 0 Å². The largest absolute Gasteiger partial charge is 0.493 e. The summed E-state index contributed by atoms with van der Waals surface area (Å²) in [7, 11) is 2.84. The lowest BCUT2D eigenvalue weighted by atomic mass is 10.2. The Kier molecular flexibility index (Phi) is 6.36. The highest BCUT2D eigenvalue weighted by Crippen LogP contribution is 2.27. The van der Waals surface area contributed by atoms with Crippen LogP contribution in [-0.2, 0) is 14.3 Å². The van der Waals surface area contributed by atoms with E-state index in [0.717, 1.165) is 5.56 Å². The minimum atomic E-state index is -0.369. The Bertz CT molecular complexity index is 473. The van der Waals surface area contributed by atoms with E-state index in [2.05, 4.69) is 10.1 Å². The molecule has 0 saturated heterocycles. The molecule has 0 aliphatic rings. The summed E-state index contributed by atoms with van der Waals surface area (Å²) in [5, 5.41) is 2.56. The summed E-state index contributed by atoms with van der Waals surface area (Å²) >= 11 is 0. The first-order valence-corrected chi connectivity index (χ1v) is 6.17. The Morgan fingerprint density at radius 2 is 1.95 bits per heavy atom. The highest BCUT2D eigenvalue weighted by molar-refractivity contribution is 5.78. The number of carbonyl (C=O) groups excluding carboxylic acids is 2. The fourth-order valence-electron chi connectivity index (χ4n) is 1.49. The van der Waals surface area contributed by atoms with Crippen LogP contribution >= 0.6 is 0 Å². The zero-order valence-electron chi connectivity index (χ0n) is 11.9. The summed E-state index contributed by atoms with van der Waals surface area (Å²) in [5.74, 6) is 0.400. The number of hydrogen-bond acceptors (Lipinski definition) is 5. The predicted octanol–water partition coefficient (Wildman–Crippen LogP) is 1.06. The van der Waals surface area contributed by atoms with Gasteiger partial charge < -0.3 is 19.5 Å². The van der Waals surface area contributed by atoms with E-state index in [1.807, 2.05) is 19.1 Å². The second-order valence-corrected chi connectivity index (χ2v) is 4.12. The van der Waals surface area contributed by atoms with E-state index in [9.17, 15) is 9.59 Å². The Morgan fingerprint density at radius 3 is 2.60 bits per heavy atom. The molecule has 0 aliphatic carbocycles. The van der Waals surface area contributed by atoms with Crippen LogP contribution < -0.4 is 14.8 Å². The summed E-state index contributed by atoms with van der Waals surface area (Å²) in [5.41, 5.74) is 1.04. The molecule has 6 nitrogen and oxygen atoms in total. The lowest BCUT2D eigenvalue weighted by Crippen LogP contribution is -2.30. The third-order valence-corrected chi connectivity index (χ3v) is 2.56. The number of hydrogen-bond donors (Lipinski definition) is 1. The average molecular weight is 281 g/mol. The van der Waals surface area contributed by atoms with E-state index in [0.29, 0.717) is 11.5 Å². The summed E-state index contributed by atoms with van der Waals surface area (Å²) in [6.07, 6.45) is 0.135. The molecule has 6 heteroatoms. The molecule has 110 valence electrons. The van der Waals surface area contributed by atoms with Gasteiger partial charge in [-0.25, -0.2) is 0 Å². The van der Waals surface area contributed by atoms with Crippen LogP contribution in [0.3, 0.4) is 0 Å². The molecule has 0 unspecified atom stereocenters. The van der Waals surface area contributed by atoms with E-state index in [4.69, 9.17) is 9.47 Å². The molecule has 0 aliphatic heterocycles. The Labute approximate surface area is 118 Å². The standard InChI is InChI=1S/C14H19NO5/c1-10-4-5-11(12(8-10)18-2)20-9-13(16)15-7-6-14(17)19-3/h4-5,8H,6-7,9H2,1-3H3,(H,15,16). The molecule has 0 aromatic heterocycles. The van der Waals surface area contributed by atoms with Gasteiger partial charge in [-0.1, -0.05) is 6.07 Å². The van der Waals surface area contributed by atoms with Crippen LogP contribution in [-0.4, -0.2) is 39.2 Å². The van der Waals surface area contributed by atoms with Crippen LogP contribution in [0.5, 0.6) is 11.5 Å². The van der Waals surface area contributed by atoms with Crippen molar-refractivity contribution in [1.82, 2.24) is 5.32 Å². The van der Waals surface area contributed by atoms with Gasteiger partial charge in [-0.2, -0.15) is 0 Å². The molecule has 1 rings (SSSR count). The van der Waals surface area contributed by atoms with Gasteiger partial charge in [0.2, 0.25) is 0 Å². The van der Waals surface area contributed by atoms with E-state index in [1.54, 1.807) is 6.07 Å². The zero-order valence-corrected chi connectivity index (χ0v) is 11.9. The fraction of sp³-hybridized carbons (Fsp3) is 0.429. The third-order valence-electron chi connectivity index (χ3n) is 2.56. The van der Waals surface area contributed by atoms with E-state index in [-0.39, 0.29) is 31.4 Å². The molecule has 1 amide bonds. The highest BCUT2D eigenvalue weighted by Gasteiger charge is 2.08. The number of aryl methyl sites for hydroxylation is 1. The van der Waals surface area contributed by atoms with Crippen LogP contribution in [0.1, 0.15) is 12.0 Å². The molecule has 1 aromatic carbocycles. The van der Waals surface area contributed by atoms with Gasteiger partial charge in [-0.15, -0.1) is 0 Å². The van der Waals surface area contributed by atoms with Crippen molar-refractivity contribution >= 4 is 11.9 Å². The maximum atomic E-state index is 11.5. The number of rotatable bonds is 7. The van der Waals surface area contributed by atoms with Gasteiger partial charge in [0, 0.05) is 6.54 Å². The number of benzene rings is 1. The summed E-state index contributed by atoms with van der Waals surface area (Å²) < 4.78 is 15.0. The van der Waals surface area contributed by atoms with Crippen molar-refractivity contribution in [2.24, 2.45) is 0 Å². The quantitative estimate of drug-likeness (QED) is 0.757. The van der Waals surface area contributed by atoms with Gasteiger partial charge in [0.15, 0.2) is 18.1 Å². The number of methoxy groups -OCH3 is 2. The van der Waals surface area contributed by atoms with E-state index in [1.165, 1.54) is 14.2 Å². The average Bonchev–Trinajstić information content (AvgIpc) is 2.45. The second kappa shape index (κ2) is 8.04. The van der Waals surface area contributed by atoms with Crippen molar-refractivity contribution in [3.63, 3.8) is 0 Å². The first kappa shape index (κ1) is 15.8. The monoisotopic (exact) mass is 281 g/mol. The van der Waals surface area contributed by atoms with E-state index < -0.39 is 0 Å². The molecule has 1 N–H and O–H groups in total. The van der Waals surface area contributed by atoms with Crippen LogP contribution in [0.2, 0.25) is 0 Å². The molecule has 0 saturated carbocycles. The van der Waals surface area contributed by atoms with Crippen molar-refractivity contribution in [3.05, 3.63) is 23.8 Å².